The Bertz CT molecular complexity index is 1160. The molecule has 1 amide bonds. The van der Waals surface area contributed by atoms with E-state index in [-0.39, 0.29) is 18.2 Å². The van der Waals surface area contributed by atoms with Gasteiger partial charge in [-0.05, 0) is 50.0 Å². The van der Waals surface area contributed by atoms with Crippen LogP contribution >= 0.6 is 0 Å². The first-order valence-corrected chi connectivity index (χ1v) is 11.7. The molecule has 2 aromatic carbocycles. The van der Waals surface area contributed by atoms with E-state index in [2.05, 4.69) is 70.4 Å². The van der Waals surface area contributed by atoms with Crippen molar-refractivity contribution in [2.75, 3.05) is 26.2 Å². The second kappa shape index (κ2) is 7.85. The molecule has 2 bridgehead atoms. The molecule has 1 N–H and O–H groups in total. The van der Waals surface area contributed by atoms with Crippen LogP contribution in [0.2, 0.25) is 0 Å². The summed E-state index contributed by atoms with van der Waals surface area (Å²) < 4.78 is 14.1. The Morgan fingerprint density at radius 1 is 1.09 bits per heavy atom. The maximum absolute atomic E-state index is 12.7. The Morgan fingerprint density at radius 2 is 1.94 bits per heavy atom. The average Bonchev–Trinajstić information content (AvgIpc) is 3.16. The van der Waals surface area contributed by atoms with Gasteiger partial charge in [-0.3, -0.25) is 4.90 Å². The number of carbonyl (C=O) groups excluding carboxylic acids is 1. The number of nitrogens with one attached hydrogen (secondary N) is 1. The van der Waals surface area contributed by atoms with Gasteiger partial charge in [-0.1, -0.05) is 30.3 Å². The third-order valence-corrected chi connectivity index (χ3v) is 7.45. The molecule has 6 heteroatoms. The smallest absolute Gasteiger partial charge is 0.407 e. The molecular formula is C26H29N3O3. The summed E-state index contributed by atoms with van der Waals surface area (Å²) in [6.45, 7) is 3.73. The highest BCUT2D eigenvalue weighted by Gasteiger charge is 2.37. The minimum absolute atomic E-state index is 0.0191. The third-order valence-electron chi connectivity index (χ3n) is 7.45. The molecule has 0 spiro atoms. The lowest BCUT2D eigenvalue weighted by Crippen LogP contribution is -2.52. The normalized spacial score (nSPS) is 26.4. The highest BCUT2D eigenvalue weighted by molar-refractivity contribution is 5.87. The van der Waals surface area contributed by atoms with Gasteiger partial charge in [0.1, 0.15) is 11.9 Å². The van der Waals surface area contributed by atoms with Crippen LogP contribution in [0.25, 0.3) is 22.2 Å². The van der Waals surface area contributed by atoms with Gasteiger partial charge in [-0.25, -0.2) is 4.79 Å². The molecule has 2 atom stereocenters. The molecule has 6 nitrogen and oxygen atoms in total. The van der Waals surface area contributed by atoms with E-state index in [1.807, 2.05) is 0 Å². The maximum atomic E-state index is 12.7. The average molecular weight is 432 g/mol. The summed E-state index contributed by atoms with van der Waals surface area (Å²) in [7, 11) is 2.09. The lowest BCUT2D eigenvalue weighted by Gasteiger charge is -2.44. The number of benzene rings is 2. The van der Waals surface area contributed by atoms with Gasteiger partial charge in [0.25, 0.3) is 0 Å². The Balaban J connectivity index is 1.20. The van der Waals surface area contributed by atoms with E-state index in [9.17, 15) is 4.79 Å². The van der Waals surface area contributed by atoms with Crippen molar-refractivity contribution in [2.45, 2.75) is 31.4 Å². The van der Waals surface area contributed by atoms with Crippen molar-refractivity contribution in [3.8, 4) is 17.0 Å². The van der Waals surface area contributed by atoms with E-state index in [4.69, 9.17) is 9.47 Å². The van der Waals surface area contributed by atoms with Crippen LogP contribution in [0.3, 0.4) is 0 Å². The van der Waals surface area contributed by atoms with Crippen LogP contribution in [0.1, 0.15) is 30.9 Å². The van der Waals surface area contributed by atoms with E-state index < -0.39 is 0 Å². The molecule has 1 aromatic heterocycles. The molecule has 0 aliphatic carbocycles. The van der Waals surface area contributed by atoms with Crippen molar-refractivity contribution < 1.29 is 14.3 Å². The number of hydrogen-bond acceptors (Lipinski definition) is 4. The SMILES string of the molecule is Cn1c(-c2ccc3c(c2)OCCC3NC(=O)O[C@H]2CN3CCC2CC3)cc2ccccc21. The predicted molar refractivity (Wildman–Crippen MR) is 124 cm³/mol. The Labute approximate surface area is 188 Å². The first-order chi connectivity index (χ1) is 15.7. The van der Waals surface area contributed by atoms with Crippen LogP contribution in [0.4, 0.5) is 4.79 Å². The molecule has 4 aliphatic heterocycles. The molecule has 166 valence electrons. The number of aromatic nitrogens is 1. The van der Waals surface area contributed by atoms with Crippen LogP contribution in [0.5, 0.6) is 5.75 Å². The Kier molecular flexibility index (Phi) is 4.83. The fraction of sp³-hybridized carbons (Fsp3) is 0.423. The maximum Gasteiger partial charge on any atom is 0.407 e. The fourth-order valence-corrected chi connectivity index (χ4v) is 5.62. The van der Waals surface area contributed by atoms with Gasteiger partial charge in [-0.2, -0.15) is 0 Å². The molecule has 3 saturated heterocycles. The zero-order valence-electron chi connectivity index (χ0n) is 18.4. The zero-order valence-corrected chi connectivity index (χ0v) is 18.4. The fourth-order valence-electron chi connectivity index (χ4n) is 5.62. The third kappa shape index (κ3) is 3.43. The van der Waals surface area contributed by atoms with Gasteiger partial charge in [0.15, 0.2) is 0 Å². The molecule has 0 saturated carbocycles. The van der Waals surface area contributed by atoms with Crippen LogP contribution in [-0.4, -0.2) is 47.9 Å². The molecule has 1 unspecified atom stereocenters. The number of ether oxygens (including phenoxy) is 2. The summed E-state index contributed by atoms with van der Waals surface area (Å²) in [5, 5.41) is 4.33. The van der Waals surface area contributed by atoms with Gasteiger partial charge >= 0.3 is 6.09 Å². The van der Waals surface area contributed by atoms with Crippen LogP contribution in [0, 0.1) is 5.92 Å². The Morgan fingerprint density at radius 3 is 2.72 bits per heavy atom. The van der Waals surface area contributed by atoms with Crippen molar-refractivity contribution in [3.63, 3.8) is 0 Å². The van der Waals surface area contributed by atoms with E-state index in [1.54, 1.807) is 0 Å². The van der Waals surface area contributed by atoms with E-state index in [1.165, 1.54) is 10.9 Å². The standard InChI is InChI=1S/C26H29N3O3/c1-28-22-5-3-2-4-18(22)14-23(28)19-6-7-20-21(10-13-31-24(20)15-19)27-26(30)32-25-16-29-11-8-17(25)9-12-29/h2-7,14-15,17,21,25H,8-13,16H2,1H3,(H,27,30)/t21?,25-/m0/s1. The van der Waals surface area contributed by atoms with Crippen molar-refractivity contribution in [2.24, 2.45) is 13.0 Å². The molecule has 3 aromatic rings. The van der Waals surface area contributed by atoms with Gasteiger partial charge in [0.2, 0.25) is 0 Å². The number of amides is 1. The molecule has 0 radical (unpaired) electrons. The largest absolute Gasteiger partial charge is 0.493 e. The second-order valence-corrected chi connectivity index (χ2v) is 9.32. The van der Waals surface area contributed by atoms with Crippen LogP contribution in [0.15, 0.2) is 48.5 Å². The zero-order chi connectivity index (χ0) is 21.7. The number of carbonyl (C=O) groups is 1. The molecule has 7 rings (SSSR count). The minimum Gasteiger partial charge on any atom is -0.493 e. The molecule has 32 heavy (non-hydrogen) atoms. The minimum atomic E-state index is -0.306. The summed E-state index contributed by atoms with van der Waals surface area (Å²) in [6, 6.07) is 16.8. The van der Waals surface area contributed by atoms with E-state index in [0.29, 0.717) is 12.5 Å². The summed E-state index contributed by atoms with van der Waals surface area (Å²) in [6.07, 6.45) is 2.73. The van der Waals surface area contributed by atoms with Crippen LogP contribution in [-0.2, 0) is 11.8 Å². The molecule has 5 heterocycles. The van der Waals surface area contributed by atoms with Gasteiger partial charge in [0, 0.05) is 47.7 Å². The number of fused-ring (bicyclic) bond motifs is 5. The summed E-state index contributed by atoms with van der Waals surface area (Å²) in [5.41, 5.74) is 4.48. The van der Waals surface area contributed by atoms with Gasteiger partial charge < -0.3 is 19.4 Å². The van der Waals surface area contributed by atoms with Gasteiger partial charge in [0.05, 0.1) is 12.6 Å². The molecule has 4 aliphatic rings. The quantitative estimate of drug-likeness (QED) is 0.664. The number of para-hydroxylation sites is 1. The van der Waals surface area contributed by atoms with Crippen LogP contribution < -0.4 is 10.1 Å². The molecular weight excluding hydrogens is 402 g/mol. The van der Waals surface area contributed by atoms with Crippen molar-refractivity contribution >= 4 is 17.0 Å². The van der Waals surface area contributed by atoms with Crippen molar-refractivity contribution in [1.29, 1.82) is 0 Å². The van der Waals surface area contributed by atoms with Crippen molar-refractivity contribution in [1.82, 2.24) is 14.8 Å². The Hall–Kier alpha value is -2.99. The van der Waals surface area contributed by atoms with Gasteiger partial charge in [-0.15, -0.1) is 0 Å². The number of rotatable bonds is 3. The topological polar surface area (TPSA) is 55.7 Å². The number of aryl methyl sites for hydroxylation is 1. The number of piperidine rings is 3. The summed E-state index contributed by atoms with van der Waals surface area (Å²) in [4.78, 5) is 15.1. The highest BCUT2D eigenvalue weighted by atomic mass is 16.6. The summed E-state index contributed by atoms with van der Waals surface area (Å²) in [5.74, 6) is 1.35. The van der Waals surface area contributed by atoms with Crippen molar-refractivity contribution in [3.05, 3.63) is 54.1 Å². The monoisotopic (exact) mass is 431 g/mol. The predicted octanol–water partition coefficient (Wildman–Crippen LogP) is 4.49. The van der Waals surface area contributed by atoms with E-state index >= 15 is 0 Å². The molecule has 3 fully saturated rings. The number of nitrogens with zero attached hydrogens (tertiary/aromatic N) is 2. The number of hydrogen-bond donors (Lipinski definition) is 1. The lowest BCUT2D eigenvalue weighted by atomic mass is 9.86. The first kappa shape index (κ1) is 19.7. The summed E-state index contributed by atoms with van der Waals surface area (Å²) >= 11 is 0. The van der Waals surface area contributed by atoms with E-state index in [0.717, 1.165) is 61.5 Å². The number of alkyl carbamates (subject to hydrolysis) is 1. The second-order valence-electron chi connectivity index (χ2n) is 9.32. The lowest BCUT2D eigenvalue weighted by molar-refractivity contribution is -0.0342. The highest BCUT2D eigenvalue weighted by Crippen LogP contribution is 2.37. The first-order valence-electron chi connectivity index (χ1n) is 11.7.